The molecule has 24 heavy (non-hydrogen) atoms. The molecule has 3 rings (SSSR count). The van der Waals surface area contributed by atoms with E-state index in [0.717, 1.165) is 35.9 Å². The molecule has 1 fully saturated rings. The first-order chi connectivity index (χ1) is 11.5. The van der Waals surface area contributed by atoms with Crippen LogP contribution in [0.25, 0.3) is 0 Å². The Morgan fingerprint density at radius 3 is 2.50 bits per heavy atom. The Morgan fingerprint density at radius 2 is 1.92 bits per heavy atom. The van der Waals surface area contributed by atoms with Crippen LogP contribution in [0.15, 0.2) is 24.3 Å². The normalized spacial score (nSPS) is 14.8. The SMILES string of the molecule is Cc1nn(C)c(C)c1NC(=O)N1CCN(c2cccc(O)c2)CC1. The number of rotatable bonds is 2. The first-order valence-electron chi connectivity index (χ1n) is 8.06. The summed E-state index contributed by atoms with van der Waals surface area (Å²) in [5.41, 5.74) is 3.54. The van der Waals surface area contributed by atoms with Crippen LogP contribution in [0, 0.1) is 13.8 Å². The molecule has 0 aliphatic carbocycles. The molecule has 2 aromatic rings. The molecule has 0 atom stereocenters. The second-order valence-electron chi connectivity index (χ2n) is 6.09. The standard InChI is InChI=1S/C17H23N5O2/c1-12-16(13(2)20(3)19-12)18-17(24)22-9-7-21(8-10-22)14-5-4-6-15(23)11-14/h4-6,11,23H,7-10H2,1-3H3,(H,18,24). The molecule has 2 amide bonds. The summed E-state index contributed by atoms with van der Waals surface area (Å²) < 4.78 is 1.77. The van der Waals surface area contributed by atoms with E-state index in [4.69, 9.17) is 0 Å². The average Bonchev–Trinajstić information content (AvgIpc) is 2.81. The summed E-state index contributed by atoms with van der Waals surface area (Å²) in [6, 6.07) is 7.11. The number of urea groups is 1. The highest BCUT2D eigenvalue weighted by molar-refractivity contribution is 5.90. The van der Waals surface area contributed by atoms with Crippen LogP contribution in [0.4, 0.5) is 16.2 Å². The first-order valence-corrected chi connectivity index (χ1v) is 8.06. The number of hydrogen-bond donors (Lipinski definition) is 2. The van der Waals surface area contributed by atoms with Crippen molar-refractivity contribution in [3.63, 3.8) is 0 Å². The molecule has 0 unspecified atom stereocenters. The number of nitrogens with one attached hydrogen (secondary N) is 1. The monoisotopic (exact) mass is 329 g/mol. The molecule has 128 valence electrons. The predicted octanol–water partition coefficient (Wildman–Crippen LogP) is 2.10. The Labute approximate surface area is 141 Å². The molecule has 0 bridgehead atoms. The zero-order valence-corrected chi connectivity index (χ0v) is 14.3. The lowest BCUT2D eigenvalue weighted by Crippen LogP contribution is -2.50. The van der Waals surface area contributed by atoms with Crippen molar-refractivity contribution in [2.45, 2.75) is 13.8 Å². The summed E-state index contributed by atoms with van der Waals surface area (Å²) in [6.07, 6.45) is 0. The zero-order chi connectivity index (χ0) is 17.3. The first kappa shape index (κ1) is 16.2. The van der Waals surface area contributed by atoms with E-state index in [-0.39, 0.29) is 11.8 Å². The molecule has 0 radical (unpaired) electrons. The second-order valence-corrected chi connectivity index (χ2v) is 6.09. The van der Waals surface area contributed by atoms with Crippen LogP contribution >= 0.6 is 0 Å². The van der Waals surface area contributed by atoms with E-state index in [1.54, 1.807) is 16.8 Å². The smallest absolute Gasteiger partial charge is 0.322 e. The number of phenolic OH excluding ortho intramolecular Hbond substituents is 1. The lowest BCUT2D eigenvalue weighted by Gasteiger charge is -2.36. The molecule has 2 heterocycles. The van der Waals surface area contributed by atoms with E-state index in [2.05, 4.69) is 15.3 Å². The topological polar surface area (TPSA) is 73.6 Å². The van der Waals surface area contributed by atoms with Crippen LogP contribution in [0.5, 0.6) is 5.75 Å². The van der Waals surface area contributed by atoms with Crippen LogP contribution < -0.4 is 10.2 Å². The summed E-state index contributed by atoms with van der Waals surface area (Å²) in [5, 5.41) is 16.9. The van der Waals surface area contributed by atoms with Gasteiger partial charge in [-0.3, -0.25) is 4.68 Å². The van der Waals surface area contributed by atoms with Crippen LogP contribution in [-0.2, 0) is 7.05 Å². The van der Waals surface area contributed by atoms with Crippen molar-refractivity contribution in [1.29, 1.82) is 0 Å². The van der Waals surface area contributed by atoms with Crippen molar-refractivity contribution in [1.82, 2.24) is 14.7 Å². The number of piperazine rings is 1. The molecule has 1 aliphatic heterocycles. The number of phenols is 1. The number of amides is 2. The number of carbonyl (C=O) groups is 1. The third-order valence-corrected chi connectivity index (χ3v) is 4.50. The van der Waals surface area contributed by atoms with Crippen LogP contribution in [0.2, 0.25) is 0 Å². The Hall–Kier alpha value is -2.70. The number of aromatic nitrogens is 2. The predicted molar refractivity (Wildman–Crippen MR) is 93.6 cm³/mol. The molecule has 7 nitrogen and oxygen atoms in total. The van der Waals surface area contributed by atoms with Gasteiger partial charge in [-0.1, -0.05) is 6.07 Å². The van der Waals surface area contributed by atoms with Gasteiger partial charge in [-0.2, -0.15) is 5.10 Å². The van der Waals surface area contributed by atoms with Crippen molar-refractivity contribution < 1.29 is 9.90 Å². The molecule has 0 spiro atoms. The maximum absolute atomic E-state index is 12.5. The fourth-order valence-electron chi connectivity index (χ4n) is 3.00. The van der Waals surface area contributed by atoms with E-state index >= 15 is 0 Å². The number of carbonyl (C=O) groups excluding carboxylic acids is 1. The molecule has 1 aromatic carbocycles. The second kappa shape index (κ2) is 6.43. The molecule has 1 saturated heterocycles. The largest absolute Gasteiger partial charge is 0.508 e. The minimum absolute atomic E-state index is 0.0928. The number of benzene rings is 1. The summed E-state index contributed by atoms with van der Waals surface area (Å²) in [4.78, 5) is 16.5. The molecule has 7 heteroatoms. The number of aromatic hydroxyl groups is 1. The maximum Gasteiger partial charge on any atom is 0.322 e. The number of hydrogen-bond acceptors (Lipinski definition) is 4. The van der Waals surface area contributed by atoms with Gasteiger partial charge >= 0.3 is 6.03 Å². The van der Waals surface area contributed by atoms with Crippen molar-refractivity contribution in [2.24, 2.45) is 7.05 Å². The van der Waals surface area contributed by atoms with Crippen molar-refractivity contribution >= 4 is 17.4 Å². The van der Waals surface area contributed by atoms with Gasteiger partial charge in [0.15, 0.2) is 0 Å². The molecule has 1 aliphatic rings. The molecular weight excluding hydrogens is 306 g/mol. The lowest BCUT2D eigenvalue weighted by molar-refractivity contribution is 0.208. The Balaban J connectivity index is 1.61. The molecular formula is C17H23N5O2. The molecule has 1 aromatic heterocycles. The minimum atomic E-state index is -0.0928. The highest BCUT2D eigenvalue weighted by Gasteiger charge is 2.23. The van der Waals surface area contributed by atoms with E-state index in [0.29, 0.717) is 13.1 Å². The third-order valence-electron chi connectivity index (χ3n) is 4.50. The van der Waals surface area contributed by atoms with Crippen LogP contribution in [0.1, 0.15) is 11.4 Å². The fraction of sp³-hybridized carbons (Fsp3) is 0.412. The number of nitrogens with zero attached hydrogens (tertiary/aromatic N) is 4. The average molecular weight is 329 g/mol. The van der Waals surface area contributed by atoms with E-state index in [1.165, 1.54) is 0 Å². The highest BCUT2D eigenvalue weighted by Crippen LogP contribution is 2.22. The highest BCUT2D eigenvalue weighted by atomic mass is 16.3. The molecule has 2 N–H and O–H groups in total. The Bertz CT molecular complexity index is 747. The Kier molecular flexibility index (Phi) is 4.33. The van der Waals surface area contributed by atoms with Gasteiger partial charge in [0, 0.05) is 45.0 Å². The summed E-state index contributed by atoms with van der Waals surface area (Å²) in [5.74, 6) is 0.259. The van der Waals surface area contributed by atoms with E-state index in [9.17, 15) is 9.90 Å². The van der Waals surface area contributed by atoms with Gasteiger partial charge < -0.3 is 20.2 Å². The minimum Gasteiger partial charge on any atom is -0.508 e. The van der Waals surface area contributed by atoms with Gasteiger partial charge in [-0.15, -0.1) is 0 Å². The summed E-state index contributed by atoms with van der Waals surface area (Å²) in [7, 11) is 1.87. The van der Waals surface area contributed by atoms with Gasteiger partial charge in [-0.05, 0) is 26.0 Å². The number of anilines is 2. The summed E-state index contributed by atoms with van der Waals surface area (Å²) in [6.45, 7) is 6.58. The zero-order valence-electron chi connectivity index (χ0n) is 14.3. The van der Waals surface area contributed by atoms with Crippen LogP contribution in [0.3, 0.4) is 0 Å². The summed E-state index contributed by atoms with van der Waals surface area (Å²) >= 11 is 0. The van der Waals surface area contributed by atoms with E-state index in [1.807, 2.05) is 37.9 Å². The van der Waals surface area contributed by atoms with Gasteiger partial charge in [-0.25, -0.2) is 4.79 Å². The van der Waals surface area contributed by atoms with E-state index < -0.39 is 0 Å². The van der Waals surface area contributed by atoms with Gasteiger partial charge in [0.1, 0.15) is 5.75 Å². The molecule has 0 saturated carbocycles. The van der Waals surface area contributed by atoms with Crippen molar-refractivity contribution in [3.8, 4) is 5.75 Å². The van der Waals surface area contributed by atoms with Crippen molar-refractivity contribution in [2.75, 3.05) is 36.4 Å². The van der Waals surface area contributed by atoms with Gasteiger partial charge in [0.2, 0.25) is 0 Å². The lowest BCUT2D eigenvalue weighted by atomic mass is 10.2. The maximum atomic E-state index is 12.5. The van der Waals surface area contributed by atoms with Crippen molar-refractivity contribution in [3.05, 3.63) is 35.7 Å². The Morgan fingerprint density at radius 1 is 1.21 bits per heavy atom. The van der Waals surface area contributed by atoms with Gasteiger partial charge in [0.25, 0.3) is 0 Å². The fourth-order valence-corrected chi connectivity index (χ4v) is 3.00. The quantitative estimate of drug-likeness (QED) is 0.885. The third kappa shape index (κ3) is 3.15. The number of aryl methyl sites for hydroxylation is 2. The van der Waals surface area contributed by atoms with Gasteiger partial charge in [0.05, 0.1) is 17.1 Å². The van der Waals surface area contributed by atoms with Crippen LogP contribution in [-0.4, -0.2) is 52.0 Å².